The van der Waals surface area contributed by atoms with E-state index in [1.54, 1.807) is 6.92 Å². The molecule has 0 spiro atoms. The van der Waals surface area contributed by atoms with Crippen LogP contribution in [0.5, 0.6) is 0 Å². The summed E-state index contributed by atoms with van der Waals surface area (Å²) in [7, 11) is -3.48. The van der Waals surface area contributed by atoms with Crippen LogP contribution in [-0.4, -0.2) is 25.3 Å². The van der Waals surface area contributed by atoms with E-state index in [1.165, 1.54) is 13.0 Å². The Morgan fingerprint density at radius 3 is 2.47 bits per heavy atom. The van der Waals surface area contributed by atoms with Crippen LogP contribution in [0.3, 0.4) is 0 Å². The average Bonchev–Trinajstić information content (AvgIpc) is 2.31. The van der Waals surface area contributed by atoms with Crippen molar-refractivity contribution in [3.05, 3.63) is 35.4 Å². The van der Waals surface area contributed by atoms with Gasteiger partial charge in [-0.15, -0.1) is 0 Å². The van der Waals surface area contributed by atoms with Gasteiger partial charge in [0.2, 0.25) is 10.0 Å². The third-order valence-electron chi connectivity index (χ3n) is 2.60. The SMILES string of the molecule is CCCS(=O)(=O)NC(C)C(O)c1ccc(F)c(F)c1. The smallest absolute Gasteiger partial charge is 0.211 e. The van der Waals surface area contributed by atoms with Crippen LogP contribution in [0.1, 0.15) is 31.9 Å². The van der Waals surface area contributed by atoms with Crippen LogP contribution < -0.4 is 4.72 Å². The predicted octanol–water partition coefficient (Wildman–Crippen LogP) is 1.72. The molecule has 108 valence electrons. The molecule has 0 aliphatic heterocycles. The summed E-state index contributed by atoms with van der Waals surface area (Å²) in [6.07, 6.45) is -0.801. The minimum atomic E-state index is -3.48. The van der Waals surface area contributed by atoms with Crippen molar-refractivity contribution < 1.29 is 22.3 Å². The van der Waals surface area contributed by atoms with Crippen molar-refractivity contribution in [3.8, 4) is 0 Å². The molecule has 2 atom stereocenters. The highest BCUT2D eigenvalue weighted by molar-refractivity contribution is 7.89. The van der Waals surface area contributed by atoms with Crippen LogP contribution in [0.4, 0.5) is 8.78 Å². The van der Waals surface area contributed by atoms with Crippen molar-refractivity contribution in [3.63, 3.8) is 0 Å². The van der Waals surface area contributed by atoms with E-state index < -0.39 is 33.8 Å². The molecule has 0 aromatic heterocycles. The van der Waals surface area contributed by atoms with Crippen LogP contribution in [0, 0.1) is 11.6 Å². The van der Waals surface area contributed by atoms with Gasteiger partial charge in [-0.2, -0.15) is 0 Å². The van der Waals surface area contributed by atoms with Gasteiger partial charge in [-0.3, -0.25) is 0 Å². The van der Waals surface area contributed by atoms with Crippen molar-refractivity contribution in [2.75, 3.05) is 5.75 Å². The van der Waals surface area contributed by atoms with Crippen LogP contribution in [0.15, 0.2) is 18.2 Å². The molecule has 4 nitrogen and oxygen atoms in total. The molecule has 0 fully saturated rings. The first-order valence-electron chi connectivity index (χ1n) is 5.90. The number of nitrogens with one attached hydrogen (secondary N) is 1. The number of benzene rings is 1. The van der Waals surface area contributed by atoms with Gasteiger partial charge in [0.15, 0.2) is 11.6 Å². The van der Waals surface area contributed by atoms with Crippen molar-refractivity contribution in [2.45, 2.75) is 32.4 Å². The second-order valence-corrected chi connectivity index (χ2v) is 6.22. The van der Waals surface area contributed by atoms with Crippen LogP contribution in [0.2, 0.25) is 0 Å². The van der Waals surface area contributed by atoms with Gasteiger partial charge in [0.1, 0.15) is 0 Å². The number of hydrogen-bond donors (Lipinski definition) is 2. The highest BCUT2D eigenvalue weighted by Gasteiger charge is 2.22. The van der Waals surface area contributed by atoms with Gasteiger partial charge in [-0.05, 0) is 31.0 Å². The molecular weight excluding hydrogens is 276 g/mol. The van der Waals surface area contributed by atoms with Gasteiger partial charge in [-0.25, -0.2) is 21.9 Å². The molecular formula is C12H17F2NO3S. The van der Waals surface area contributed by atoms with Crippen molar-refractivity contribution in [1.29, 1.82) is 0 Å². The molecule has 0 saturated heterocycles. The lowest BCUT2D eigenvalue weighted by Crippen LogP contribution is -2.38. The maximum absolute atomic E-state index is 13.0. The fourth-order valence-corrected chi connectivity index (χ4v) is 3.01. The number of aliphatic hydroxyl groups excluding tert-OH is 1. The standard InChI is InChI=1S/C12H17F2NO3S/c1-3-6-19(17,18)15-8(2)12(16)9-4-5-10(13)11(14)7-9/h4-5,7-8,12,15-16H,3,6H2,1-2H3. The average molecular weight is 293 g/mol. The first-order chi connectivity index (χ1) is 8.76. The molecule has 0 saturated carbocycles. The van der Waals surface area contributed by atoms with Crippen LogP contribution in [0.25, 0.3) is 0 Å². The van der Waals surface area contributed by atoms with Gasteiger partial charge in [0, 0.05) is 6.04 Å². The quantitative estimate of drug-likeness (QED) is 0.839. The largest absolute Gasteiger partial charge is 0.387 e. The topological polar surface area (TPSA) is 66.4 Å². The molecule has 2 unspecified atom stereocenters. The van der Waals surface area contributed by atoms with Gasteiger partial charge in [0.25, 0.3) is 0 Å². The van der Waals surface area contributed by atoms with Crippen molar-refractivity contribution in [1.82, 2.24) is 4.72 Å². The van der Waals surface area contributed by atoms with E-state index >= 15 is 0 Å². The highest BCUT2D eigenvalue weighted by atomic mass is 32.2. The minimum Gasteiger partial charge on any atom is -0.387 e. The summed E-state index contributed by atoms with van der Waals surface area (Å²) in [6.45, 7) is 3.18. The van der Waals surface area contributed by atoms with Gasteiger partial charge < -0.3 is 5.11 Å². The zero-order valence-electron chi connectivity index (χ0n) is 10.7. The zero-order chi connectivity index (χ0) is 14.6. The number of aliphatic hydroxyl groups is 1. The van der Waals surface area contributed by atoms with Gasteiger partial charge in [0.05, 0.1) is 11.9 Å². The molecule has 7 heteroatoms. The van der Waals surface area contributed by atoms with Gasteiger partial charge >= 0.3 is 0 Å². The molecule has 1 aromatic carbocycles. The van der Waals surface area contributed by atoms with E-state index in [9.17, 15) is 22.3 Å². The van der Waals surface area contributed by atoms with E-state index in [4.69, 9.17) is 0 Å². The second-order valence-electron chi connectivity index (χ2n) is 4.34. The van der Waals surface area contributed by atoms with E-state index in [0.717, 1.165) is 12.1 Å². The van der Waals surface area contributed by atoms with E-state index in [0.29, 0.717) is 6.42 Å². The minimum absolute atomic E-state index is 0.0537. The Kier molecular flexibility index (Phi) is 5.39. The van der Waals surface area contributed by atoms with Crippen molar-refractivity contribution in [2.24, 2.45) is 0 Å². The molecule has 0 aliphatic rings. The molecule has 0 heterocycles. The Morgan fingerprint density at radius 2 is 1.95 bits per heavy atom. The normalized spacial score (nSPS) is 15.2. The lowest BCUT2D eigenvalue weighted by atomic mass is 10.0. The molecule has 1 aromatic rings. The molecule has 1 rings (SSSR count). The summed E-state index contributed by atoms with van der Waals surface area (Å²) in [4.78, 5) is 0. The monoisotopic (exact) mass is 293 g/mol. The van der Waals surface area contributed by atoms with Crippen LogP contribution in [-0.2, 0) is 10.0 Å². The molecule has 19 heavy (non-hydrogen) atoms. The number of rotatable bonds is 6. The Bertz CT molecular complexity index is 534. The lowest BCUT2D eigenvalue weighted by molar-refractivity contribution is 0.146. The molecule has 0 radical (unpaired) electrons. The van der Waals surface area contributed by atoms with E-state index in [-0.39, 0.29) is 11.3 Å². The van der Waals surface area contributed by atoms with Gasteiger partial charge in [-0.1, -0.05) is 13.0 Å². The fraction of sp³-hybridized carbons (Fsp3) is 0.500. The summed E-state index contributed by atoms with van der Waals surface area (Å²) in [5, 5.41) is 9.92. The third kappa shape index (κ3) is 4.52. The number of halogens is 2. The lowest BCUT2D eigenvalue weighted by Gasteiger charge is -2.20. The molecule has 0 bridgehead atoms. The summed E-state index contributed by atoms with van der Waals surface area (Å²) >= 11 is 0. The fourth-order valence-electron chi connectivity index (χ4n) is 1.66. The Balaban J connectivity index is 2.82. The summed E-state index contributed by atoms with van der Waals surface area (Å²) in [5.41, 5.74) is 0.116. The maximum Gasteiger partial charge on any atom is 0.211 e. The first-order valence-corrected chi connectivity index (χ1v) is 7.55. The Hall–Kier alpha value is -1.05. The predicted molar refractivity (Wildman–Crippen MR) is 68.0 cm³/mol. The highest BCUT2D eigenvalue weighted by Crippen LogP contribution is 2.19. The summed E-state index contributed by atoms with van der Waals surface area (Å²) in [6, 6.07) is 2.13. The summed E-state index contributed by atoms with van der Waals surface area (Å²) < 4.78 is 51.2. The molecule has 0 amide bonds. The second kappa shape index (κ2) is 6.40. The number of sulfonamides is 1. The Labute approximate surface area is 111 Å². The van der Waals surface area contributed by atoms with Crippen LogP contribution >= 0.6 is 0 Å². The maximum atomic E-state index is 13.0. The third-order valence-corrected chi connectivity index (χ3v) is 4.27. The van der Waals surface area contributed by atoms with E-state index in [2.05, 4.69) is 4.72 Å². The van der Waals surface area contributed by atoms with Crippen molar-refractivity contribution >= 4 is 10.0 Å². The first kappa shape index (κ1) is 16.0. The zero-order valence-corrected chi connectivity index (χ0v) is 11.5. The molecule has 0 aliphatic carbocycles. The van der Waals surface area contributed by atoms with E-state index in [1.807, 2.05) is 0 Å². The molecule has 2 N–H and O–H groups in total. The Morgan fingerprint density at radius 1 is 1.32 bits per heavy atom. The summed E-state index contributed by atoms with van der Waals surface area (Å²) in [5.74, 6) is -2.16. The number of hydrogen-bond acceptors (Lipinski definition) is 3.